The van der Waals surface area contributed by atoms with Crippen LogP contribution in [0.5, 0.6) is 0 Å². The fraction of sp³-hybridized carbons (Fsp3) is 0.909. The van der Waals surface area contributed by atoms with Gasteiger partial charge in [0.25, 0.3) is 0 Å². The highest BCUT2D eigenvalue weighted by Crippen LogP contribution is 2.21. The molecular formula is C11H22N2O3. The molecule has 1 aliphatic heterocycles. The second-order valence-corrected chi connectivity index (χ2v) is 4.58. The van der Waals surface area contributed by atoms with Gasteiger partial charge in [-0.15, -0.1) is 0 Å². The molecule has 1 amide bonds. The Morgan fingerprint density at radius 3 is 2.81 bits per heavy atom. The number of ether oxygens (including phenoxy) is 1. The minimum Gasteiger partial charge on any atom is -0.370 e. The molecule has 3 N–H and O–H groups in total. The Hall–Kier alpha value is -0.650. The molecule has 1 rings (SSSR count). The SMILES string of the molecule is C[C@@H]1C[C@H](N(C)CCCC(N)=O)C[C@H](O)O1. The van der Waals surface area contributed by atoms with Crippen LogP contribution in [-0.2, 0) is 9.53 Å². The molecule has 0 aromatic carbocycles. The van der Waals surface area contributed by atoms with E-state index in [1.165, 1.54) is 0 Å². The third-order valence-electron chi connectivity index (χ3n) is 3.02. The lowest BCUT2D eigenvalue weighted by atomic mass is 10.0. The number of primary amides is 1. The summed E-state index contributed by atoms with van der Waals surface area (Å²) in [5.74, 6) is -0.256. The van der Waals surface area contributed by atoms with Crippen molar-refractivity contribution in [2.45, 2.75) is 51.0 Å². The van der Waals surface area contributed by atoms with E-state index in [0.717, 1.165) is 19.4 Å². The van der Waals surface area contributed by atoms with Crippen molar-refractivity contribution >= 4 is 5.91 Å². The fourth-order valence-electron chi connectivity index (χ4n) is 2.14. The Morgan fingerprint density at radius 2 is 2.25 bits per heavy atom. The molecule has 0 radical (unpaired) electrons. The van der Waals surface area contributed by atoms with Crippen LogP contribution in [0.15, 0.2) is 0 Å². The van der Waals surface area contributed by atoms with Gasteiger partial charge in [0, 0.05) is 18.9 Å². The van der Waals surface area contributed by atoms with Crippen molar-refractivity contribution in [3.05, 3.63) is 0 Å². The van der Waals surface area contributed by atoms with Crippen molar-refractivity contribution in [2.24, 2.45) is 5.73 Å². The maximum Gasteiger partial charge on any atom is 0.217 e. The first-order chi connectivity index (χ1) is 7.49. The van der Waals surface area contributed by atoms with Crippen LogP contribution < -0.4 is 5.73 Å². The number of hydrogen-bond donors (Lipinski definition) is 2. The summed E-state index contributed by atoms with van der Waals surface area (Å²) in [6.07, 6.45) is 2.18. The number of rotatable bonds is 5. The van der Waals surface area contributed by atoms with E-state index in [0.29, 0.717) is 18.9 Å². The number of aliphatic hydroxyl groups excluding tert-OH is 1. The molecule has 1 heterocycles. The Bertz CT molecular complexity index is 225. The molecule has 0 aromatic heterocycles. The third-order valence-corrected chi connectivity index (χ3v) is 3.02. The van der Waals surface area contributed by atoms with Crippen LogP contribution in [0.4, 0.5) is 0 Å². The van der Waals surface area contributed by atoms with Crippen LogP contribution in [0.2, 0.25) is 0 Å². The molecule has 1 aliphatic rings. The zero-order valence-electron chi connectivity index (χ0n) is 10.1. The zero-order chi connectivity index (χ0) is 12.1. The first-order valence-electron chi connectivity index (χ1n) is 5.81. The van der Waals surface area contributed by atoms with Crippen LogP contribution in [0, 0.1) is 0 Å². The summed E-state index contributed by atoms with van der Waals surface area (Å²) >= 11 is 0. The second-order valence-electron chi connectivity index (χ2n) is 4.58. The van der Waals surface area contributed by atoms with Crippen molar-refractivity contribution in [1.29, 1.82) is 0 Å². The van der Waals surface area contributed by atoms with Crippen molar-refractivity contribution < 1.29 is 14.6 Å². The average Bonchev–Trinajstić information content (AvgIpc) is 2.15. The van der Waals surface area contributed by atoms with Crippen LogP contribution in [-0.4, -0.2) is 47.9 Å². The molecule has 0 aliphatic carbocycles. The number of carbonyl (C=O) groups excluding carboxylic acids is 1. The lowest BCUT2D eigenvalue weighted by molar-refractivity contribution is -0.173. The van der Waals surface area contributed by atoms with Gasteiger partial charge in [-0.3, -0.25) is 4.79 Å². The number of aliphatic hydroxyl groups is 1. The maximum absolute atomic E-state index is 10.6. The Balaban J connectivity index is 2.29. The summed E-state index contributed by atoms with van der Waals surface area (Å²) in [6.45, 7) is 2.79. The predicted octanol–water partition coefficient (Wildman–Crippen LogP) is 0.0696. The van der Waals surface area contributed by atoms with Gasteiger partial charge in [0.2, 0.25) is 5.91 Å². The molecular weight excluding hydrogens is 208 g/mol. The standard InChI is InChI=1S/C11H22N2O3/c1-8-6-9(7-11(15)16-8)13(2)5-3-4-10(12)14/h8-9,11,15H,3-7H2,1-2H3,(H2,12,14)/t8-,9+,11-/m1/s1. The monoisotopic (exact) mass is 230 g/mol. The summed E-state index contributed by atoms with van der Waals surface area (Å²) in [7, 11) is 2.01. The number of nitrogens with zero attached hydrogens (tertiary/aromatic N) is 1. The van der Waals surface area contributed by atoms with Gasteiger partial charge in [-0.05, 0) is 33.4 Å². The first kappa shape index (κ1) is 13.4. The first-order valence-corrected chi connectivity index (χ1v) is 5.81. The van der Waals surface area contributed by atoms with E-state index < -0.39 is 6.29 Å². The molecule has 94 valence electrons. The van der Waals surface area contributed by atoms with Gasteiger partial charge in [-0.25, -0.2) is 0 Å². The number of carbonyl (C=O) groups is 1. The smallest absolute Gasteiger partial charge is 0.217 e. The van der Waals surface area contributed by atoms with Gasteiger partial charge >= 0.3 is 0 Å². The second kappa shape index (κ2) is 6.18. The average molecular weight is 230 g/mol. The normalized spacial score (nSPS) is 30.6. The van der Waals surface area contributed by atoms with E-state index in [-0.39, 0.29) is 12.0 Å². The van der Waals surface area contributed by atoms with Crippen molar-refractivity contribution in [3.63, 3.8) is 0 Å². The van der Waals surface area contributed by atoms with Gasteiger partial charge in [0.05, 0.1) is 6.10 Å². The van der Waals surface area contributed by atoms with E-state index in [1.807, 2.05) is 14.0 Å². The molecule has 0 saturated carbocycles. The predicted molar refractivity (Wildman–Crippen MR) is 60.6 cm³/mol. The summed E-state index contributed by atoms with van der Waals surface area (Å²) in [5.41, 5.74) is 5.08. The lowest BCUT2D eigenvalue weighted by Gasteiger charge is -2.36. The third kappa shape index (κ3) is 4.47. The van der Waals surface area contributed by atoms with E-state index in [1.54, 1.807) is 0 Å². The van der Waals surface area contributed by atoms with Gasteiger partial charge < -0.3 is 20.5 Å². The van der Waals surface area contributed by atoms with Gasteiger partial charge in [0.15, 0.2) is 6.29 Å². The minimum atomic E-state index is -0.660. The molecule has 0 unspecified atom stereocenters. The summed E-state index contributed by atoms with van der Waals surface area (Å²) < 4.78 is 5.26. The topological polar surface area (TPSA) is 75.8 Å². The zero-order valence-corrected chi connectivity index (χ0v) is 10.1. The molecule has 3 atom stereocenters. The number of nitrogens with two attached hydrogens (primary N) is 1. The van der Waals surface area contributed by atoms with E-state index >= 15 is 0 Å². The van der Waals surface area contributed by atoms with Crippen LogP contribution in [0.25, 0.3) is 0 Å². The highest BCUT2D eigenvalue weighted by Gasteiger charge is 2.27. The molecule has 16 heavy (non-hydrogen) atoms. The molecule has 5 heteroatoms. The van der Waals surface area contributed by atoms with E-state index in [9.17, 15) is 9.90 Å². The van der Waals surface area contributed by atoms with Crippen LogP contribution in [0.1, 0.15) is 32.6 Å². The molecule has 0 bridgehead atoms. The number of amides is 1. The van der Waals surface area contributed by atoms with Crippen molar-refractivity contribution in [2.75, 3.05) is 13.6 Å². The molecule has 0 aromatic rings. The largest absolute Gasteiger partial charge is 0.370 e. The maximum atomic E-state index is 10.6. The highest BCUT2D eigenvalue weighted by molar-refractivity contribution is 5.73. The van der Waals surface area contributed by atoms with E-state index in [2.05, 4.69) is 4.90 Å². The number of hydrogen-bond acceptors (Lipinski definition) is 4. The summed E-state index contributed by atoms with van der Waals surface area (Å²) in [4.78, 5) is 12.8. The minimum absolute atomic E-state index is 0.0901. The van der Waals surface area contributed by atoms with Gasteiger partial charge in [-0.1, -0.05) is 0 Å². The fourth-order valence-corrected chi connectivity index (χ4v) is 2.14. The molecule has 5 nitrogen and oxygen atoms in total. The van der Waals surface area contributed by atoms with E-state index in [4.69, 9.17) is 10.5 Å². The van der Waals surface area contributed by atoms with Crippen molar-refractivity contribution in [1.82, 2.24) is 4.90 Å². The Kier molecular flexibility index (Phi) is 5.18. The quantitative estimate of drug-likeness (QED) is 0.701. The Morgan fingerprint density at radius 1 is 1.56 bits per heavy atom. The highest BCUT2D eigenvalue weighted by atomic mass is 16.6. The molecule has 0 spiro atoms. The Labute approximate surface area is 96.6 Å². The van der Waals surface area contributed by atoms with Crippen molar-refractivity contribution in [3.8, 4) is 0 Å². The van der Waals surface area contributed by atoms with Crippen LogP contribution in [0.3, 0.4) is 0 Å². The lowest BCUT2D eigenvalue weighted by Crippen LogP contribution is -2.43. The van der Waals surface area contributed by atoms with Gasteiger partial charge in [-0.2, -0.15) is 0 Å². The van der Waals surface area contributed by atoms with Crippen LogP contribution >= 0.6 is 0 Å². The summed E-state index contributed by atoms with van der Waals surface area (Å²) in [5, 5.41) is 9.49. The molecule has 1 saturated heterocycles. The summed E-state index contributed by atoms with van der Waals surface area (Å²) in [6, 6.07) is 0.326. The molecule has 1 fully saturated rings. The van der Waals surface area contributed by atoms with Gasteiger partial charge in [0.1, 0.15) is 0 Å².